The molecule has 10 atom stereocenters. The van der Waals surface area contributed by atoms with Crippen LogP contribution in [0.4, 0.5) is 0 Å². The highest BCUT2D eigenvalue weighted by atomic mass is 32.2. The first-order chi connectivity index (χ1) is 22.7. The van der Waals surface area contributed by atoms with Crippen molar-refractivity contribution in [3.8, 4) is 0 Å². The highest BCUT2D eigenvalue weighted by molar-refractivity contribution is 7.91. The minimum absolute atomic E-state index is 0.237. The molecular weight excluding hydrogens is 629 g/mol. The summed E-state index contributed by atoms with van der Waals surface area (Å²) in [5.41, 5.74) is 1.00. The molecule has 6 aliphatic rings. The lowest BCUT2D eigenvalue weighted by molar-refractivity contribution is -0.239. The molecule has 282 valence electrons. The van der Waals surface area contributed by atoms with Crippen LogP contribution in [-0.2, 0) is 14.6 Å². The van der Waals surface area contributed by atoms with Crippen LogP contribution in [0.2, 0.25) is 0 Å². The number of carboxylic acids is 1. The molecular formula is C42H74N2O4S. The zero-order chi connectivity index (χ0) is 35.8. The van der Waals surface area contributed by atoms with Crippen molar-refractivity contribution in [2.75, 3.05) is 37.7 Å². The van der Waals surface area contributed by atoms with Gasteiger partial charge in [0.2, 0.25) is 0 Å². The lowest BCUT2D eigenvalue weighted by Gasteiger charge is -2.73. The van der Waals surface area contributed by atoms with E-state index in [0.717, 1.165) is 55.5 Å². The lowest BCUT2D eigenvalue weighted by atomic mass is 9.32. The number of hydrogen-bond acceptors (Lipinski definition) is 5. The van der Waals surface area contributed by atoms with Crippen LogP contribution in [0.3, 0.4) is 0 Å². The van der Waals surface area contributed by atoms with Gasteiger partial charge in [-0.15, -0.1) is 0 Å². The van der Waals surface area contributed by atoms with Crippen molar-refractivity contribution in [3.05, 3.63) is 0 Å². The first kappa shape index (κ1) is 38.1. The SMILES string of the molecule is CC(C)[C@@H]1CC[C@]2(NCCN3CCS(=O)(=O)CC3)CC[C@]3(C)[C@H](CC[C@@H]4[C@@]5(C)CCC(CCCC(C)(C)C(=O)O)C(C)(C)[C@@H]5CC[C@]43C)[C@@H]12. The highest BCUT2D eigenvalue weighted by Gasteiger charge is 2.70. The molecule has 5 saturated carbocycles. The molecule has 1 unspecified atom stereocenters. The average Bonchev–Trinajstić information content (AvgIpc) is 3.39. The van der Waals surface area contributed by atoms with Crippen LogP contribution in [0.15, 0.2) is 0 Å². The molecule has 0 aromatic heterocycles. The Morgan fingerprint density at radius 2 is 1.57 bits per heavy atom. The van der Waals surface area contributed by atoms with Gasteiger partial charge in [0.05, 0.1) is 16.9 Å². The molecule has 1 saturated heterocycles. The van der Waals surface area contributed by atoms with Gasteiger partial charge in [-0.3, -0.25) is 4.79 Å². The van der Waals surface area contributed by atoms with Crippen molar-refractivity contribution in [1.82, 2.24) is 10.2 Å². The van der Waals surface area contributed by atoms with E-state index in [2.05, 4.69) is 58.7 Å². The standard InChI is InChI=1S/C42H74N2O4S/c1-29(2)31-15-20-42(43-23-24-44-25-27-49(47,48)28-26-44)22-21-40(8)32(35(31)42)12-13-34-39(7)18-14-30(11-10-17-37(3,4)36(45)46)38(5,6)33(39)16-19-41(34,40)9/h29-35,43H,10-28H2,1-9H3,(H,45,46)/t30?,31-,32+,33-,34+,35+,39-,40+,41+,42-/m0/s1. The van der Waals surface area contributed by atoms with Gasteiger partial charge in [0.25, 0.3) is 0 Å². The molecule has 0 aromatic carbocycles. The zero-order valence-electron chi connectivity index (χ0n) is 33.0. The van der Waals surface area contributed by atoms with Crippen LogP contribution >= 0.6 is 0 Å². The number of nitrogens with one attached hydrogen (secondary N) is 1. The molecule has 0 radical (unpaired) electrons. The molecule has 0 amide bonds. The average molecular weight is 703 g/mol. The van der Waals surface area contributed by atoms with Gasteiger partial charge < -0.3 is 15.3 Å². The molecule has 6 nitrogen and oxygen atoms in total. The molecule has 5 aliphatic carbocycles. The van der Waals surface area contributed by atoms with E-state index in [1.54, 1.807) is 0 Å². The Morgan fingerprint density at radius 1 is 0.878 bits per heavy atom. The van der Waals surface area contributed by atoms with E-state index < -0.39 is 21.2 Å². The normalized spacial score (nSPS) is 44.9. The topological polar surface area (TPSA) is 86.7 Å². The molecule has 49 heavy (non-hydrogen) atoms. The predicted octanol–water partition coefficient (Wildman–Crippen LogP) is 8.69. The summed E-state index contributed by atoms with van der Waals surface area (Å²) >= 11 is 0. The van der Waals surface area contributed by atoms with E-state index in [0.29, 0.717) is 52.7 Å². The Kier molecular flexibility index (Phi) is 10.1. The highest BCUT2D eigenvalue weighted by Crippen LogP contribution is 2.77. The van der Waals surface area contributed by atoms with Crippen LogP contribution in [0.1, 0.15) is 146 Å². The van der Waals surface area contributed by atoms with Gasteiger partial charge in [0, 0.05) is 31.7 Å². The Balaban J connectivity index is 1.19. The maximum absolute atomic E-state index is 12.0. The Morgan fingerprint density at radius 3 is 2.22 bits per heavy atom. The smallest absolute Gasteiger partial charge is 0.309 e. The van der Waals surface area contributed by atoms with Crippen LogP contribution < -0.4 is 5.32 Å². The van der Waals surface area contributed by atoms with Crippen LogP contribution in [-0.4, -0.2) is 67.6 Å². The Labute approximate surface area is 301 Å². The molecule has 7 heteroatoms. The second-order valence-corrected chi connectivity index (χ2v) is 23.2. The van der Waals surface area contributed by atoms with Gasteiger partial charge in [-0.05, 0) is 154 Å². The second kappa shape index (κ2) is 13.0. The summed E-state index contributed by atoms with van der Waals surface area (Å²) in [6.07, 6.45) is 16.4. The molecule has 0 spiro atoms. The number of fused-ring (bicyclic) bond motifs is 7. The third-order valence-corrected chi connectivity index (χ3v) is 19.5. The summed E-state index contributed by atoms with van der Waals surface area (Å²) in [5, 5.41) is 14.0. The summed E-state index contributed by atoms with van der Waals surface area (Å²) < 4.78 is 24.1. The zero-order valence-corrected chi connectivity index (χ0v) is 33.8. The summed E-state index contributed by atoms with van der Waals surface area (Å²) in [6, 6.07) is 0. The van der Waals surface area contributed by atoms with Gasteiger partial charge in [-0.25, -0.2) is 8.42 Å². The summed E-state index contributed by atoms with van der Waals surface area (Å²) in [7, 11) is -2.84. The maximum atomic E-state index is 12.0. The quantitative estimate of drug-likeness (QED) is 0.237. The van der Waals surface area contributed by atoms with Gasteiger partial charge in [0.15, 0.2) is 9.84 Å². The van der Waals surface area contributed by atoms with Gasteiger partial charge in [-0.2, -0.15) is 0 Å². The van der Waals surface area contributed by atoms with Crippen molar-refractivity contribution in [2.45, 2.75) is 151 Å². The molecule has 0 bridgehead atoms. The van der Waals surface area contributed by atoms with E-state index in [1.165, 1.54) is 70.6 Å². The van der Waals surface area contributed by atoms with E-state index in [9.17, 15) is 18.3 Å². The van der Waals surface area contributed by atoms with E-state index in [4.69, 9.17) is 0 Å². The first-order valence-electron chi connectivity index (χ1n) is 20.6. The van der Waals surface area contributed by atoms with E-state index >= 15 is 0 Å². The van der Waals surface area contributed by atoms with E-state index in [-0.39, 0.29) is 11.0 Å². The number of nitrogens with zero attached hydrogens (tertiary/aromatic N) is 1. The maximum Gasteiger partial charge on any atom is 0.309 e. The third-order valence-electron chi connectivity index (χ3n) is 17.9. The van der Waals surface area contributed by atoms with Crippen LogP contribution in [0.5, 0.6) is 0 Å². The van der Waals surface area contributed by atoms with E-state index in [1.807, 2.05) is 13.8 Å². The number of rotatable bonds is 10. The fourth-order valence-electron chi connectivity index (χ4n) is 14.6. The van der Waals surface area contributed by atoms with Crippen LogP contribution in [0.25, 0.3) is 0 Å². The van der Waals surface area contributed by atoms with Gasteiger partial charge in [-0.1, -0.05) is 54.9 Å². The van der Waals surface area contributed by atoms with Crippen LogP contribution in [0, 0.1) is 68.5 Å². The number of aliphatic carboxylic acids is 1. The molecule has 2 N–H and O–H groups in total. The minimum Gasteiger partial charge on any atom is -0.481 e. The number of sulfone groups is 1. The monoisotopic (exact) mass is 703 g/mol. The van der Waals surface area contributed by atoms with Crippen molar-refractivity contribution in [3.63, 3.8) is 0 Å². The van der Waals surface area contributed by atoms with Crippen molar-refractivity contribution >= 4 is 15.8 Å². The molecule has 6 rings (SSSR count). The van der Waals surface area contributed by atoms with Crippen molar-refractivity contribution in [1.29, 1.82) is 0 Å². The summed E-state index contributed by atoms with van der Waals surface area (Å²) in [5.74, 6) is 5.18. The number of hydrogen-bond donors (Lipinski definition) is 2. The fraction of sp³-hybridized carbons (Fsp3) is 0.976. The molecule has 6 fully saturated rings. The molecule has 0 aromatic rings. The summed E-state index contributed by atoms with van der Waals surface area (Å²) in [6.45, 7) is 25.5. The summed E-state index contributed by atoms with van der Waals surface area (Å²) in [4.78, 5) is 14.2. The lowest BCUT2D eigenvalue weighted by Crippen LogP contribution is -2.68. The fourth-order valence-corrected chi connectivity index (χ4v) is 15.9. The third kappa shape index (κ3) is 6.29. The second-order valence-electron chi connectivity index (χ2n) is 20.9. The van der Waals surface area contributed by atoms with Gasteiger partial charge in [0.1, 0.15) is 0 Å². The molecule has 1 heterocycles. The largest absolute Gasteiger partial charge is 0.481 e. The van der Waals surface area contributed by atoms with Crippen molar-refractivity contribution < 1.29 is 18.3 Å². The Hall–Kier alpha value is -0.660. The number of carbonyl (C=O) groups is 1. The predicted molar refractivity (Wildman–Crippen MR) is 201 cm³/mol. The first-order valence-corrected chi connectivity index (χ1v) is 22.5. The Bertz CT molecular complexity index is 1330. The minimum atomic E-state index is -2.84. The number of carboxylic acid groups (broad SMARTS) is 1. The molecule has 1 aliphatic heterocycles. The van der Waals surface area contributed by atoms with Gasteiger partial charge >= 0.3 is 5.97 Å². The van der Waals surface area contributed by atoms with Crippen molar-refractivity contribution in [2.24, 2.45) is 68.5 Å².